The molecule has 0 N–H and O–H groups in total. The maximum absolute atomic E-state index is 5.04. The van der Waals surface area contributed by atoms with E-state index in [-0.39, 0.29) is 12.1 Å². The van der Waals surface area contributed by atoms with Crippen molar-refractivity contribution in [1.82, 2.24) is 9.88 Å². The molecule has 0 aliphatic carbocycles. The van der Waals surface area contributed by atoms with Crippen LogP contribution in [0.1, 0.15) is 36.7 Å². The maximum Gasteiger partial charge on any atom is 0.160 e. The fourth-order valence-electron chi connectivity index (χ4n) is 3.40. The molecule has 2 aromatic rings. The van der Waals surface area contributed by atoms with Crippen LogP contribution in [0.25, 0.3) is 0 Å². The van der Waals surface area contributed by atoms with Crippen molar-refractivity contribution in [3.8, 4) is 0 Å². The summed E-state index contributed by atoms with van der Waals surface area (Å²) in [5.74, 6) is 1.13. The molecule has 23 heavy (non-hydrogen) atoms. The van der Waals surface area contributed by atoms with Crippen molar-refractivity contribution in [2.45, 2.75) is 31.5 Å². The van der Waals surface area contributed by atoms with Gasteiger partial charge >= 0.3 is 0 Å². The van der Waals surface area contributed by atoms with Crippen LogP contribution in [0, 0.1) is 0 Å². The average Bonchev–Trinajstić information content (AvgIpc) is 3.15. The Bertz CT molecular complexity index is 734. The summed E-state index contributed by atoms with van der Waals surface area (Å²) in [6.07, 6.45) is 3.00. The smallest absolute Gasteiger partial charge is 0.160 e. The zero-order valence-corrected chi connectivity index (χ0v) is 15.3. The molecule has 3 nitrogen and oxygen atoms in total. The SMILES string of the molecule is CC[C@@H]1CSC2=N[C@H](c3ccccn3)[C@H](c3ccccc3Br)N21. The van der Waals surface area contributed by atoms with Gasteiger partial charge in [0.2, 0.25) is 0 Å². The summed E-state index contributed by atoms with van der Waals surface area (Å²) in [7, 11) is 0. The molecule has 1 aromatic carbocycles. The first kappa shape index (κ1) is 15.2. The second kappa shape index (κ2) is 6.29. The Balaban J connectivity index is 1.82. The molecule has 3 atom stereocenters. The largest absolute Gasteiger partial charge is 0.338 e. The molecule has 0 unspecified atom stereocenters. The van der Waals surface area contributed by atoms with Gasteiger partial charge in [-0.05, 0) is 30.2 Å². The first-order chi connectivity index (χ1) is 11.3. The fraction of sp³-hybridized carbons (Fsp3) is 0.333. The Morgan fingerprint density at radius 2 is 2.04 bits per heavy atom. The van der Waals surface area contributed by atoms with E-state index in [9.17, 15) is 0 Å². The Kier molecular flexibility index (Phi) is 4.16. The van der Waals surface area contributed by atoms with Crippen LogP contribution >= 0.6 is 27.7 Å². The Morgan fingerprint density at radius 3 is 2.78 bits per heavy atom. The monoisotopic (exact) mass is 387 g/mol. The lowest BCUT2D eigenvalue weighted by molar-refractivity contribution is 0.254. The van der Waals surface area contributed by atoms with Gasteiger partial charge in [-0.2, -0.15) is 0 Å². The van der Waals surface area contributed by atoms with Crippen LogP contribution in [-0.4, -0.2) is 26.8 Å². The van der Waals surface area contributed by atoms with Gasteiger partial charge in [0.05, 0.1) is 11.7 Å². The molecule has 0 bridgehead atoms. The van der Waals surface area contributed by atoms with Gasteiger partial charge < -0.3 is 4.90 Å². The second-order valence-electron chi connectivity index (χ2n) is 5.86. The molecule has 3 heterocycles. The summed E-state index contributed by atoms with van der Waals surface area (Å²) in [5, 5.41) is 1.17. The third-order valence-corrected chi connectivity index (χ3v) is 6.40. The summed E-state index contributed by atoms with van der Waals surface area (Å²) in [6, 6.07) is 15.4. The average molecular weight is 388 g/mol. The predicted octanol–water partition coefficient (Wildman–Crippen LogP) is 4.82. The van der Waals surface area contributed by atoms with Crippen LogP contribution in [-0.2, 0) is 0 Å². The van der Waals surface area contributed by atoms with Crippen molar-refractivity contribution >= 4 is 32.9 Å². The van der Waals surface area contributed by atoms with Crippen molar-refractivity contribution in [3.63, 3.8) is 0 Å². The van der Waals surface area contributed by atoms with Crippen LogP contribution in [0.15, 0.2) is 58.1 Å². The minimum absolute atomic E-state index is 0.0618. The molecule has 4 rings (SSSR count). The number of fused-ring (bicyclic) bond motifs is 1. The standard InChI is InChI=1S/C18H18BrN3S/c1-2-12-11-23-18-21-16(15-9-5-6-10-20-15)17(22(12)18)13-7-3-4-8-14(13)19/h3-10,12,16-17H,2,11H2,1H3/t12-,16-,17+/m1/s1. The second-order valence-corrected chi connectivity index (χ2v) is 7.70. The normalized spacial score (nSPS) is 26.3. The quantitative estimate of drug-likeness (QED) is 0.755. The predicted molar refractivity (Wildman–Crippen MR) is 99.7 cm³/mol. The van der Waals surface area contributed by atoms with Gasteiger partial charge in [0, 0.05) is 22.5 Å². The summed E-state index contributed by atoms with van der Waals surface area (Å²) < 4.78 is 1.15. The fourth-order valence-corrected chi connectivity index (χ4v) is 5.26. The van der Waals surface area contributed by atoms with Crippen LogP contribution < -0.4 is 0 Å². The van der Waals surface area contributed by atoms with Crippen LogP contribution in [0.5, 0.6) is 0 Å². The third-order valence-electron chi connectivity index (χ3n) is 4.55. The van der Waals surface area contributed by atoms with E-state index >= 15 is 0 Å². The topological polar surface area (TPSA) is 28.5 Å². The Morgan fingerprint density at radius 1 is 1.22 bits per heavy atom. The zero-order valence-electron chi connectivity index (χ0n) is 12.9. The van der Waals surface area contributed by atoms with Gasteiger partial charge in [-0.25, -0.2) is 0 Å². The van der Waals surface area contributed by atoms with Gasteiger partial charge in [0.1, 0.15) is 6.04 Å². The van der Waals surface area contributed by atoms with Crippen LogP contribution in [0.3, 0.4) is 0 Å². The van der Waals surface area contributed by atoms with E-state index in [0.29, 0.717) is 6.04 Å². The number of aliphatic imine (C=N–C) groups is 1. The summed E-state index contributed by atoms with van der Waals surface area (Å²) in [4.78, 5) is 12.1. The molecule has 5 heteroatoms. The van der Waals surface area contributed by atoms with Crippen molar-refractivity contribution in [3.05, 3.63) is 64.4 Å². The molecule has 2 aliphatic heterocycles. The highest BCUT2D eigenvalue weighted by Crippen LogP contribution is 2.49. The molecule has 0 radical (unpaired) electrons. The summed E-state index contributed by atoms with van der Waals surface area (Å²) >= 11 is 5.62. The van der Waals surface area contributed by atoms with Crippen molar-refractivity contribution in [1.29, 1.82) is 0 Å². The van der Waals surface area contributed by atoms with Gasteiger partial charge in [-0.1, -0.05) is 58.9 Å². The molecule has 0 amide bonds. The van der Waals surface area contributed by atoms with Gasteiger partial charge in [0.25, 0.3) is 0 Å². The lowest BCUT2D eigenvalue weighted by atomic mass is 9.95. The number of thioether (sulfide) groups is 1. The first-order valence-electron chi connectivity index (χ1n) is 7.94. The number of aromatic nitrogens is 1. The van der Waals surface area contributed by atoms with E-state index in [0.717, 1.165) is 22.3 Å². The van der Waals surface area contributed by atoms with Gasteiger partial charge in [-0.15, -0.1) is 0 Å². The van der Waals surface area contributed by atoms with E-state index < -0.39 is 0 Å². The third kappa shape index (κ3) is 2.60. The summed E-state index contributed by atoms with van der Waals surface area (Å²) in [5.41, 5.74) is 2.34. The van der Waals surface area contributed by atoms with E-state index in [1.807, 2.05) is 30.1 Å². The first-order valence-corrected chi connectivity index (χ1v) is 9.71. The Labute approximate surface area is 149 Å². The number of benzene rings is 1. The van der Waals surface area contributed by atoms with Crippen molar-refractivity contribution < 1.29 is 0 Å². The zero-order chi connectivity index (χ0) is 15.8. The molecular weight excluding hydrogens is 370 g/mol. The minimum Gasteiger partial charge on any atom is -0.338 e. The van der Waals surface area contributed by atoms with E-state index in [4.69, 9.17) is 4.99 Å². The molecule has 1 aromatic heterocycles. The molecule has 1 fully saturated rings. The molecule has 1 saturated heterocycles. The number of hydrogen-bond donors (Lipinski definition) is 0. The number of rotatable bonds is 3. The van der Waals surface area contributed by atoms with Crippen LogP contribution in [0.2, 0.25) is 0 Å². The molecule has 2 aliphatic rings. The van der Waals surface area contributed by atoms with E-state index in [2.05, 4.69) is 63.1 Å². The van der Waals surface area contributed by atoms with E-state index in [1.54, 1.807) is 0 Å². The lowest BCUT2D eigenvalue weighted by Gasteiger charge is -2.32. The molecule has 118 valence electrons. The number of hydrogen-bond acceptors (Lipinski definition) is 4. The number of nitrogens with zero attached hydrogens (tertiary/aromatic N) is 3. The van der Waals surface area contributed by atoms with Gasteiger partial charge in [0.15, 0.2) is 5.17 Å². The highest BCUT2D eigenvalue weighted by molar-refractivity contribution is 9.10. The highest BCUT2D eigenvalue weighted by atomic mass is 79.9. The number of halogens is 1. The molecular formula is C18H18BrN3S. The summed E-state index contributed by atoms with van der Waals surface area (Å²) in [6.45, 7) is 2.26. The van der Waals surface area contributed by atoms with Crippen molar-refractivity contribution in [2.75, 3.05) is 5.75 Å². The molecule has 0 saturated carbocycles. The van der Waals surface area contributed by atoms with E-state index in [1.165, 1.54) is 10.7 Å². The minimum atomic E-state index is 0.0618. The number of pyridine rings is 1. The van der Waals surface area contributed by atoms with Gasteiger partial charge in [-0.3, -0.25) is 9.98 Å². The maximum atomic E-state index is 5.04. The van der Waals surface area contributed by atoms with Crippen molar-refractivity contribution in [2.24, 2.45) is 4.99 Å². The van der Waals surface area contributed by atoms with Crippen LogP contribution in [0.4, 0.5) is 0 Å². The highest BCUT2D eigenvalue weighted by Gasteiger charge is 2.45. The Hall–Kier alpha value is -1.33. The lowest BCUT2D eigenvalue weighted by Crippen LogP contribution is -2.35. The molecule has 0 spiro atoms. The number of amidine groups is 1.